The number of carbonyl (C=O) groups is 1. The summed E-state index contributed by atoms with van der Waals surface area (Å²) in [7, 11) is 0. The molecule has 0 amide bonds. The van der Waals surface area contributed by atoms with Gasteiger partial charge in [0.2, 0.25) is 0 Å². The Hall–Kier alpha value is -2.07. The van der Waals surface area contributed by atoms with Gasteiger partial charge in [-0.3, -0.25) is 4.79 Å². The molecule has 0 fully saturated rings. The van der Waals surface area contributed by atoms with Crippen molar-refractivity contribution in [3.63, 3.8) is 0 Å². The molecule has 1 radical (unpaired) electrons. The van der Waals surface area contributed by atoms with Crippen molar-refractivity contribution in [1.82, 2.24) is 0 Å². The fourth-order valence-corrected chi connectivity index (χ4v) is 10.6. The summed E-state index contributed by atoms with van der Waals surface area (Å²) in [5.41, 5.74) is 0. The van der Waals surface area contributed by atoms with Crippen LogP contribution in [0.3, 0.4) is 0 Å². The SMILES string of the molecule is CCCCC(CC)C(=O)O.c1cc[c]([Sn]([c]2ccccc2)[c]2ccccc2)cc1. The first kappa shape index (κ1) is 23.2. The van der Waals surface area contributed by atoms with Crippen LogP contribution < -0.4 is 10.7 Å². The molecule has 2 nitrogen and oxygen atoms in total. The molecule has 29 heavy (non-hydrogen) atoms. The van der Waals surface area contributed by atoms with Crippen LogP contribution in [0, 0.1) is 5.92 Å². The second-order valence-corrected chi connectivity index (χ2v) is 14.1. The number of aliphatic carboxylic acids is 1. The van der Waals surface area contributed by atoms with Crippen molar-refractivity contribution in [3.8, 4) is 0 Å². The van der Waals surface area contributed by atoms with Crippen LogP contribution in [0.15, 0.2) is 91.0 Å². The summed E-state index contributed by atoms with van der Waals surface area (Å²) in [5.74, 6) is -0.754. The van der Waals surface area contributed by atoms with E-state index < -0.39 is 25.7 Å². The molecule has 151 valence electrons. The van der Waals surface area contributed by atoms with Crippen LogP contribution in [0.1, 0.15) is 39.5 Å². The zero-order valence-electron chi connectivity index (χ0n) is 17.4. The maximum atomic E-state index is 10.4. The number of hydrogen-bond acceptors (Lipinski definition) is 1. The predicted octanol–water partition coefficient (Wildman–Crippen LogP) is 4.49. The van der Waals surface area contributed by atoms with E-state index in [0.29, 0.717) is 0 Å². The minimum atomic E-state index is -1.98. The number of rotatable bonds is 8. The Balaban J connectivity index is 0.000000257. The van der Waals surface area contributed by atoms with E-state index in [2.05, 4.69) is 97.9 Å². The van der Waals surface area contributed by atoms with E-state index >= 15 is 0 Å². The van der Waals surface area contributed by atoms with Crippen molar-refractivity contribution >= 4 is 36.5 Å². The molecule has 0 saturated heterocycles. The first-order valence-corrected chi connectivity index (χ1v) is 14.7. The summed E-state index contributed by atoms with van der Waals surface area (Å²) in [6.45, 7) is 4.00. The van der Waals surface area contributed by atoms with Crippen LogP contribution in [0.5, 0.6) is 0 Å². The van der Waals surface area contributed by atoms with Crippen LogP contribution >= 0.6 is 0 Å². The van der Waals surface area contributed by atoms with Crippen molar-refractivity contribution in [2.75, 3.05) is 0 Å². The molecule has 3 rings (SSSR count). The van der Waals surface area contributed by atoms with Crippen LogP contribution in [0.4, 0.5) is 0 Å². The fraction of sp³-hybridized carbons (Fsp3) is 0.269. The van der Waals surface area contributed by atoms with Gasteiger partial charge < -0.3 is 5.11 Å². The Morgan fingerprint density at radius 2 is 1.14 bits per heavy atom. The molecule has 1 N–H and O–H groups in total. The van der Waals surface area contributed by atoms with Crippen molar-refractivity contribution in [2.45, 2.75) is 39.5 Å². The van der Waals surface area contributed by atoms with Crippen molar-refractivity contribution < 1.29 is 9.90 Å². The van der Waals surface area contributed by atoms with Crippen LogP contribution in [0.25, 0.3) is 0 Å². The Morgan fingerprint density at radius 1 is 0.759 bits per heavy atom. The van der Waals surface area contributed by atoms with E-state index in [9.17, 15) is 4.79 Å². The average molecular weight is 494 g/mol. The Labute approximate surface area is 182 Å². The molecule has 0 bridgehead atoms. The van der Waals surface area contributed by atoms with Gasteiger partial charge in [-0.15, -0.1) is 0 Å². The van der Waals surface area contributed by atoms with E-state index in [1.165, 1.54) is 10.7 Å². The van der Waals surface area contributed by atoms with E-state index in [1.54, 1.807) is 0 Å². The van der Waals surface area contributed by atoms with Gasteiger partial charge in [-0.05, 0) is 12.8 Å². The van der Waals surface area contributed by atoms with Gasteiger partial charge in [0, 0.05) is 0 Å². The molecule has 0 spiro atoms. The molecule has 0 heterocycles. The number of carboxylic acids is 1. The third-order valence-electron chi connectivity index (χ3n) is 4.94. The summed E-state index contributed by atoms with van der Waals surface area (Å²) >= 11 is -1.98. The summed E-state index contributed by atoms with van der Waals surface area (Å²) in [6, 6.07) is 32.9. The first-order valence-electron chi connectivity index (χ1n) is 10.4. The van der Waals surface area contributed by atoms with Gasteiger partial charge in [0.25, 0.3) is 0 Å². The molecule has 0 aliphatic carbocycles. The van der Waals surface area contributed by atoms with Gasteiger partial charge in [0.05, 0.1) is 5.92 Å². The topological polar surface area (TPSA) is 37.3 Å². The molecule has 0 aromatic heterocycles. The van der Waals surface area contributed by atoms with E-state index in [1.807, 2.05) is 6.92 Å². The maximum absolute atomic E-state index is 10.4. The quantitative estimate of drug-likeness (QED) is 0.469. The number of hydrogen-bond donors (Lipinski definition) is 1. The van der Waals surface area contributed by atoms with Gasteiger partial charge in [0.15, 0.2) is 0 Å². The molecular weight excluding hydrogens is 463 g/mol. The second kappa shape index (κ2) is 13.2. The number of carboxylic acid groups (broad SMARTS) is 1. The molecule has 3 aromatic rings. The van der Waals surface area contributed by atoms with Crippen molar-refractivity contribution in [2.24, 2.45) is 5.92 Å². The van der Waals surface area contributed by atoms with Gasteiger partial charge in [-0.2, -0.15) is 0 Å². The molecule has 3 aromatic carbocycles. The van der Waals surface area contributed by atoms with Gasteiger partial charge >= 0.3 is 127 Å². The van der Waals surface area contributed by atoms with Crippen LogP contribution in [-0.4, -0.2) is 30.8 Å². The monoisotopic (exact) mass is 495 g/mol. The van der Waals surface area contributed by atoms with Gasteiger partial charge in [-0.25, -0.2) is 0 Å². The van der Waals surface area contributed by atoms with Crippen LogP contribution in [-0.2, 0) is 4.79 Å². The van der Waals surface area contributed by atoms with Crippen molar-refractivity contribution in [1.29, 1.82) is 0 Å². The zero-order valence-corrected chi connectivity index (χ0v) is 20.3. The normalized spacial score (nSPS) is 11.4. The molecule has 1 unspecified atom stereocenters. The number of unbranched alkanes of at least 4 members (excludes halogenated alkanes) is 1. The Kier molecular flexibility index (Phi) is 10.6. The van der Waals surface area contributed by atoms with Gasteiger partial charge in [0.1, 0.15) is 0 Å². The second-order valence-electron chi connectivity index (χ2n) is 7.06. The fourth-order valence-electron chi connectivity index (χ4n) is 3.27. The molecule has 0 aliphatic heterocycles. The third kappa shape index (κ3) is 7.69. The Morgan fingerprint density at radius 3 is 1.41 bits per heavy atom. The molecule has 1 atom stereocenters. The molecular formula is C26H31O2Sn. The van der Waals surface area contributed by atoms with Gasteiger partial charge in [-0.1, -0.05) is 26.7 Å². The van der Waals surface area contributed by atoms with E-state index in [4.69, 9.17) is 5.11 Å². The molecule has 0 saturated carbocycles. The molecule has 0 aliphatic rings. The minimum absolute atomic E-state index is 0.111. The summed E-state index contributed by atoms with van der Waals surface area (Å²) in [5, 5.41) is 8.60. The standard InChI is InChI=1S/C8H16O2.3C6H5.Sn/c1-3-5-6-7(4-2)8(9)10;3*1-2-4-6-5-3-1;/h7H,3-6H2,1-2H3,(H,9,10);3*1-5H;. The Bertz CT molecular complexity index is 725. The average Bonchev–Trinajstić information content (AvgIpc) is 2.77. The van der Waals surface area contributed by atoms with Crippen molar-refractivity contribution in [3.05, 3.63) is 91.0 Å². The van der Waals surface area contributed by atoms with Crippen LogP contribution in [0.2, 0.25) is 0 Å². The van der Waals surface area contributed by atoms with E-state index in [-0.39, 0.29) is 5.92 Å². The third-order valence-corrected chi connectivity index (χ3v) is 12.7. The first-order chi connectivity index (χ1) is 14.2. The summed E-state index contributed by atoms with van der Waals surface area (Å²) in [4.78, 5) is 10.4. The number of benzene rings is 3. The zero-order chi connectivity index (χ0) is 20.9. The predicted molar refractivity (Wildman–Crippen MR) is 125 cm³/mol. The summed E-state index contributed by atoms with van der Waals surface area (Å²) < 4.78 is 4.59. The van der Waals surface area contributed by atoms with E-state index in [0.717, 1.165) is 25.7 Å². The summed E-state index contributed by atoms with van der Waals surface area (Å²) in [6.07, 6.45) is 3.71. The molecule has 3 heteroatoms.